The zero-order chi connectivity index (χ0) is 23.4. The Labute approximate surface area is 193 Å². The predicted octanol–water partition coefficient (Wildman–Crippen LogP) is 4.06. The molecule has 4 rings (SSSR count). The molecule has 2 aromatic carbocycles. The minimum atomic E-state index is -0.935. The van der Waals surface area contributed by atoms with Crippen LogP contribution in [-0.2, 0) is 14.3 Å². The Morgan fingerprint density at radius 1 is 1.06 bits per heavy atom. The second kappa shape index (κ2) is 9.65. The van der Waals surface area contributed by atoms with Crippen LogP contribution in [0.15, 0.2) is 48.5 Å². The smallest absolute Gasteiger partial charge is 0.407 e. The van der Waals surface area contributed by atoms with E-state index in [2.05, 4.69) is 34.9 Å². The number of hydrogen-bond acceptors (Lipinski definition) is 4. The van der Waals surface area contributed by atoms with E-state index in [-0.39, 0.29) is 31.4 Å². The highest BCUT2D eigenvalue weighted by molar-refractivity contribution is 5.87. The molecule has 1 fully saturated rings. The molecule has 0 radical (unpaired) electrons. The molecule has 2 aromatic rings. The summed E-state index contributed by atoms with van der Waals surface area (Å²) in [6.07, 6.45) is 2.06. The fourth-order valence-corrected chi connectivity index (χ4v) is 4.65. The lowest BCUT2D eigenvalue weighted by Gasteiger charge is -2.21. The zero-order valence-electron chi connectivity index (χ0n) is 18.8. The number of nitrogens with one attached hydrogen (secondary N) is 2. The van der Waals surface area contributed by atoms with Gasteiger partial charge in [-0.25, -0.2) is 4.79 Å². The molecule has 1 atom stereocenters. The van der Waals surface area contributed by atoms with E-state index in [1.807, 2.05) is 31.2 Å². The molecule has 7 nitrogen and oxygen atoms in total. The van der Waals surface area contributed by atoms with Crippen LogP contribution in [0, 0.1) is 5.41 Å². The summed E-state index contributed by atoms with van der Waals surface area (Å²) < 4.78 is 5.56. The maximum atomic E-state index is 12.8. The molecule has 3 N–H and O–H groups in total. The Morgan fingerprint density at radius 2 is 1.67 bits per heavy atom. The lowest BCUT2D eigenvalue weighted by Crippen LogP contribution is -2.45. The summed E-state index contributed by atoms with van der Waals surface area (Å²) in [7, 11) is 0. The van der Waals surface area contributed by atoms with Crippen molar-refractivity contribution >= 4 is 18.0 Å². The molecule has 7 heteroatoms. The SMILES string of the molecule is CCCC(CC(=O)O)NC(=O)C1(CNC(=O)OCC2c3ccccc3-c3ccccc32)CC1. The summed E-state index contributed by atoms with van der Waals surface area (Å²) in [6, 6.07) is 15.9. The topological polar surface area (TPSA) is 105 Å². The van der Waals surface area contributed by atoms with Gasteiger partial charge in [-0.2, -0.15) is 0 Å². The number of carbonyl (C=O) groups excluding carboxylic acids is 2. The van der Waals surface area contributed by atoms with Crippen molar-refractivity contribution in [3.63, 3.8) is 0 Å². The van der Waals surface area contributed by atoms with Crippen LogP contribution in [0.5, 0.6) is 0 Å². The highest BCUT2D eigenvalue weighted by atomic mass is 16.5. The van der Waals surface area contributed by atoms with E-state index < -0.39 is 23.5 Å². The Morgan fingerprint density at radius 3 is 2.21 bits per heavy atom. The summed E-state index contributed by atoms with van der Waals surface area (Å²) in [6.45, 7) is 2.35. The zero-order valence-corrected chi connectivity index (χ0v) is 18.8. The fourth-order valence-electron chi connectivity index (χ4n) is 4.65. The second-order valence-electron chi connectivity index (χ2n) is 9.02. The number of carboxylic acids is 1. The highest BCUT2D eigenvalue weighted by Gasteiger charge is 2.50. The predicted molar refractivity (Wildman–Crippen MR) is 124 cm³/mol. The molecular weight excluding hydrogens is 420 g/mol. The van der Waals surface area contributed by atoms with Gasteiger partial charge < -0.3 is 20.5 Å². The van der Waals surface area contributed by atoms with Gasteiger partial charge in [0.15, 0.2) is 0 Å². The molecular formula is C26H30N2O5. The number of ether oxygens (including phenoxy) is 1. The van der Waals surface area contributed by atoms with Gasteiger partial charge in [0.25, 0.3) is 0 Å². The molecule has 1 saturated carbocycles. The number of carboxylic acid groups (broad SMARTS) is 1. The van der Waals surface area contributed by atoms with Gasteiger partial charge in [0.05, 0.1) is 11.8 Å². The molecule has 0 saturated heterocycles. The van der Waals surface area contributed by atoms with Crippen molar-refractivity contribution in [2.45, 2.75) is 51.0 Å². The van der Waals surface area contributed by atoms with Crippen LogP contribution in [0.25, 0.3) is 11.1 Å². The third kappa shape index (κ3) is 5.02. The summed E-state index contributed by atoms with van der Waals surface area (Å²) in [5.74, 6) is -1.15. The Bertz CT molecular complexity index is 1000. The van der Waals surface area contributed by atoms with Crippen LogP contribution in [-0.4, -0.2) is 42.3 Å². The Kier molecular flexibility index (Phi) is 6.67. The first-order valence-electron chi connectivity index (χ1n) is 11.5. The van der Waals surface area contributed by atoms with Gasteiger partial charge in [-0.05, 0) is 41.5 Å². The van der Waals surface area contributed by atoms with E-state index in [1.54, 1.807) is 0 Å². The number of rotatable bonds is 10. The number of carbonyl (C=O) groups is 3. The van der Waals surface area contributed by atoms with Crippen molar-refractivity contribution < 1.29 is 24.2 Å². The number of aliphatic carboxylic acids is 1. The highest BCUT2D eigenvalue weighted by Crippen LogP contribution is 2.46. The van der Waals surface area contributed by atoms with Gasteiger partial charge in [0.1, 0.15) is 6.61 Å². The molecule has 174 valence electrons. The van der Waals surface area contributed by atoms with Crippen LogP contribution >= 0.6 is 0 Å². The molecule has 2 amide bonds. The van der Waals surface area contributed by atoms with Gasteiger partial charge in [-0.3, -0.25) is 9.59 Å². The largest absolute Gasteiger partial charge is 0.481 e. The lowest BCUT2D eigenvalue weighted by molar-refractivity contribution is -0.138. The van der Waals surface area contributed by atoms with Crippen LogP contribution in [0.2, 0.25) is 0 Å². The molecule has 0 bridgehead atoms. The maximum Gasteiger partial charge on any atom is 0.407 e. The third-order valence-electron chi connectivity index (χ3n) is 6.64. The van der Waals surface area contributed by atoms with Crippen molar-refractivity contribution in [1.82, 2.24) is 10.6 Å². The van der Waals surface area contributed by atoms with E-state index in [0.717, 1.165) is 17.5 Å². The van der Waals surface area contributed by atoms with E-state index in [0.29, 0.717) is 19.3 Å². The van der Waals surface area contributed by atoms with Crippen LogP contribution in [0.1, 0.15) is 56.1 Å². The minimum Gasteiger partial charge on any atom is -0.481 e. The van der Waals surface area contributed by atoms with Crippen molar-refractivity contribution in [2.75, 3.05) is 13.2 Å². The Balaban J connectivity index is 1.31. The summed E-state index contributed by atoms with van der Waals surface area (Å²) in [4.78, 5) is 36.3. The van der Waals surface area contributed by atoms with Crippen molar-refractivity contribution in [2.24, 2.45) is 5.41 Å². The van der Waals surface area contributed by atoms with Gasteiger partial charge >= 0.3 is 12.1 Å². The molecule has 0 aliphatic heterocycles. The van der Waals surface area contributed by atoms with Crippen molar-refractivity contribution in [3.05, 3.63) is 59.7 Å². The summed E-state index contributed by atoms with van der Waals surface area (Å²) in [5, 5.41) is 14.7. The van der Waals surface area contributed by atoms with Crippen LogP contribution < -0.4 is 10.6 Å². The van der Waals surface area contributed by atoms with Gasteiger partial charge in [0.2, 0.25) is 5.91 Å². The molecule has 1 unspecified atom stereocenters. The first-order valence-corrected chi connectivity index (χ1v) is 11.5. The lowest BCUT2D eigenvalue weighted by atomic mass is 9.98. The van der Waals surface area contributed by atoms with Crippen LogP contribution in [0.4, 0.5) is 4.79 Å². The minimum absolute atomic E-state index is 0.0212. The van der Waals surface area contributed by atoms with E-state index in [9.17, 15) is 14.4 Å². The number of amides is 2. The van der Waals surface area contributed by atoms with Crippen molar-refractivity contribution in [1.29, 1.82) is 0 Å². The Hall–Kier alpha value is -3.35. The van der Waals surface area contributed by atoms with E-state index in [1.165, 1.54) is 11.1 Å². The third-order valence-corrected chi connectivity index (χ3v) is 6.64. The molecule has 0 spiro atoms. The molecule has 0 heterocycles. The fraction of sp³-hybridized carbons (Fsp3) is 0.423. The van der Waals surface area contributed by atoms with Gasteiger partial charge in [-0.15, -0.1) is 0 Å². The standard InChI is InChI=1S/C26H30N2O5/c1-2-7-17(14-23(29)30)28-24(31)26(12-13-26)16-27-25(32)33-15-22-20-10-5-3-8-18(20)19-9-4-6-11-21(19)22/h3-6,8-11,17,22H,2,7,12-16H2,1H3,(H,27,32)(H,28,31)(H,29,30). The van der Waals surface area contributed by atoms with Crippen molar-refractivity contribution in [3.8, 4) is 11.1 Å². The summed E-state index contributed by atoms with van der Waals surface area (Å²) >= 11 is 0. The molecule has 0 aromatic heterocycles. The van der Waals surface area contributed by atoms with Crippen LogP contribution in [0.3, 0.4) is 0 Å². The average Bonchev–Trinajstić information content (AvgIpc) is 3.53. The molecule has 2 aliphatic rings. The molecule has 33 heavy (non-hydrogen) atoms. The number of alkyl carbamates (subject to hydrolysis) is 1. The average molecular weight is 451 g/mol. The maximum absolute atomic E-state index is 12.8. The quantitative estimate of drug-likeness (QED) is 0.506. The first-order chi connectivity index (χ1) is 15.9. The normalized spacial score (nSPS) is 16.3. The van der Waals surface area contributed by atoms with E-state index in [4.69, 9.17) is 9.84 Å². The number of hydrogen-bond donors (Lipinski definition) is 3. The number of benzene rings is 2. The monoisotopic (exact) mass is 450 g/mol. The summed E-state index contributed by atoms with van der Waals surface area (Å²) in [5.41, 5.74) is 3.95. The van der Waals surface area contributed by atoms with Gasteiger partial charge in [0, 0.05) is 18.5 Å². The number of fused-ring (bicyclic) bond motifs is 3. The molecule has 2 aliphatic carbocycles. The second-order valence-corrected chi connectivity index (χ2v) is 9.02. The van der Waals surface area contributed by atoms with E-state index >= 15 is 0 Å². The van der Waals surface area contributed by atoms with Gasteiger partial charge in [-0.1, -0.05) is 61.9 Å². The first kappa shape index (κ1) is 22.8.